The minimum Gasteiger partial charge on any atom is -0.487 e. The summed E-state index contributed by atoms with van der Waals surface area (Å²) in [7, 11) is 0. The molecular weight excluding hydrogens is 700 g/mol. The molecule has 0 saturated heterocycles. The van der Waals surface area contributed by atoms with Crippen LogP contribution in [0, 0.1) is 57.3 Å². The molecule has 2 unspecified atom stereocenters. The summed E-state index contributed by atoms with van der Waals surface area (Å²) >= 11 is 0. The van der Waals surface area contributed by atoms with Crippen LogP contribution in [0.2, 0.25) is 0 Å². The highest BCUT2D eigenvalue weighted by Crippen LogP contribution is 2.26. The molecule has 276 valence electrons. The van der Waals surface area contributed by atoms with Gasteiger partial charge in [-0.25, -0.2) is 8.78 Å². The van der Waals surface area contributed by atoms with Crippen LogP contribution in [0.1, 0.15) is 25.0 Å². The van der Waals surface area contributed by atoms with Crippen molar-refractivity contribution in [1.82, 2.24) is 0 Å². The van der Waals surface area contributed by atoms with Crippen LogP contribution >= 0.6 is 0 Å². The molecule has 0 bridgehead atoms. The molecule has 0 heterocycles. The van der Waals surface area contributed by atoms with Crippen LogP contribution in [0.15, 0.2) is 72.8 Å². The minimum atomic E-state index is -2.06. The predicted molar refractivity (Wildman–Crippen MR) is 178 cm³/mol. The Morgan fingerprint density at radius 1 is 0.673 bits per heavy atom. The molecular formula is C34H32F4N4O10. The summed E-state index contributed by atoms with van der Waals surface area (Å²) in [5, 5.41) is 46.8. The Morgan fingerprint density at radius 3 is 1.33 bits per heavy atom. The highest BCUT2D eigenvalue weighted by molar-refractivity contribution is 5.97. The zero-order valence-corrected chi connectivity index (χ0v) is 27.9. The van der Waals surface area contributed by atoms with E-state index in [1.54, 1.807) is 0 Å². The van der Waals surface area contributed by atoms with Gasteiger partial charge in [0, 0.05) is 34.6 Å². The molecule has 0 fully saturated rings. The Labute approximate surface area is 292 Å². The number of nitro benzene ring substituents is 2. The second-order valence-corrected chi connectivity index (χ2v) is 11.7. The second-order valence-electron chi connectivity index (χ2n) is 11.7. The van der Waals surface area contributed by atoms with E-state index in [0.717, 1.165) is 38.1 Å². The number of carbonyl (C=O) groups is 2. The number of ether oxygens (including phenoxy) is 2. The molecule has 4 aromatic rings. The maximum atomic E-state index is 13.5. The van der Waals surface area contributed by atoms with Gasteiger partial charge in [-0.15, -0.1) is 0 Å². The summed E-state index contributed by atoms with van der Waals surface area (Å²) in [6.45, 7) is 4.01. The molecule has 0 aromatic heterocycles. The second kappa shape index (κ2) is 16.7. The van der Waals surface area contributed by atoms with E-state index in [4.69, 9.17) is 9.47 Å². The average molecular weight is 733 g/mol. The van der Waals surface area contributed by atoms with E-state index in [1.165, 1.54) is 62.4 Å². The van der Waals surface area contributed by atoms with Gasteiger partial charge in [0.25, 0.3) is 23.2 Å². The summed E-state index contributed by atoms with van der Waals surface area (Å²) in [6, 6.07) is 14.4. The molecule has 0 aliphatic heterocycles. The van der Waals surface area contributed by atoms with E-state index in [2.05, 4.69) is 10.6 Å². The quantitative estimate of drug-likeness (QED) is 0.0771. The number of nitrogens with one attached hydrogen (secondary N) is 2. The van der Waals surface area contributed by atoms with Gasteiger partial charge < -0.3 is 30.3 Å². The Balaban J connectivity index is 0.000000280. The molecule has 4 N–H and O–H groups in total. The number of hydrogen-bond donors (Lipinski definition) is 4. The number of benzene rings is 4. The highest BCUT2D eigenvalue weighted by Gasteiger charge is 2.33. The first kappa shape index (κ1) is 40.3. The topological polar surface area (TPSA) is 203 Å². The summed E-state index contributed by atoms with van der Waals surface area (Å²) in [4.78, 5) is 44.9. The van der Waals surface area contributed by atoms with Gasteiger partial charge in [-0.2, -0.15) is 8.78 Å². The van der Waals surface area contributed by atoms with Gasteiger partial charge in [0.2, 0.25) is 11.6 Å². The Morgan fingerprint density at radius 2 is 1.02 bits per heavy atom. The number of aliphatic hydroxyl groups is 2. The van der Waals surface area contributed by atoms with Crippen LogP contribution < -0.4 is 20.1 Å². The van der Waals surface area contributed by atoms with E-state index in [-0.39, 0.29) is 22.7 Å². The summed E-state index contributed by atoms with van der Waals surface area (Å²) in [5.41, 5.74) is -3.23. The standard InChI is InChI=1S/2C17H16F2N2O5/c2*1-10-8-11(6-7-13(10)21(24)25)20-16(22)17(2,23)9-26-14-5-3-4-12(18)15(14)19/h2*3-8,23H,9H2,1-2H3,(H,20,22). The number of nitro groups is 2. The third-order valence-corrected chi connectivity index (χ3v) is 7.13. The van der Waals surface area contributed by atoms with Crippen LogP contribution in [-0.4, -0.2) is 56.3 Å². The molecule has 2 amide bonds. The van der Waals surface area contributed by atoms with Crippen LogP contribution in [0.3, 0.4) is 0 Å². The summed E-state index contributed by atoms with van der Waals surface area (Å²) < 4.78 is 63.3. The third-order valence-electron chi connectivity index (χ3n) is 7.13. The molecule has 4 aromatic carbocycles. The number of amides is 2. The maximum absolute atomic E-state index is 13.5. The van der Waals surface area contributed by atoms with Gasteiger partial charge in [-0.3, -0.25) is 29.8 Å². The molecule has 18 heteroatoms. The molecule has 2 atom stereocenters. The average Bonchev–Trinajstić information content (AvgIpc) is 3.06. The highest BCUT2D eigenvalue weighted by atomic mass is 19.2. The van der Waals surface area contributed by atoms with Crippen LogP contribution in [0.5, 0.6) is 11.5 Å². The van der Waals surface area contributed by atoms with Crippen molar-refractivity contribution in [2.45, 2.75) is 38.9 Å². The smallest absolute Gasteiger partial charge is 0.272 e. The fourth-order valence-electron chi connectivity index (χ4n) is 4.17. The fourth-order valence-corrected chi connectivity index (χ4v) is 4.17. The Hall–Kier alpha value is -6.14. The number of halogens is 4. The van der Waals surface area contributed by atoms with E-state index in [1.807, 2.05) is 0 Å². The van der Waals surface area contributed by atoms with Crippen molar-refractivity contribution in [2.75, 3.05) is 23.8 Å². The van der Waals surface area contributed by atoms with Gasteiger partial charge in [0.15, 0.2) is 34.3 Å². The van der Waals surface area contributed by atoms with Gasteiger partial charge in [-0.05, 0) is 76.2 Å². The van der Waals surface area contributed by atoms with Crippen molar-refractivity contribution < 1.29 is 56.7 Å². The normalized spacial score (nSPS) is 13.0. The monoisotopic (exact) mass is 732 g/mol. The van der Waals surface area contributed by atoms with Crippen LogP contribution in [-0.2, 0) is 9.59 Å². The summed E-state index contributed by atoms with van der Waals surface area (Å²) in [6.07, 6.45) is 0. The van der Waals surface area contributed by atoms with Crippen molar-refractivity contribution in [3.05, 3.63) is 127 Å². The molecule has 0 spiro atoms. The van der Waals surface area contributed by atoms with Crippen molar-refractivity contribution in [2.24, 2.45) is 0 Å². The number of carbonyl (C=O) groups excluding carboxylic acids is 2. The molecule has 0 aliphatic carbocycles. The molecule has 0 aliphatic rings. The van der Waals surface area contributed by atoms with Crippen LogP contribution in [0.25, 0.3) is 0 Å². The summed E-state index contributed by atoms with van der Waals surface area (Å²) in [5.74, 6) is -7.32. The van der Waals surface area contributed by atoms with E-state index in [9.17, 15) is 57.6 Å². The zero-order chi connectivity index (χ0) is 39.0. The van der Waals surface area contributed by atoms with Crippen LogP contribution in [0.4, 0.5) is 40.3 Å². The molecule has 0 saturated carbocycles. The molecule has 52 heavy (non-hydrogen) atoms. The first-order valence-corrected chi connectivity index (χ1v) is 14.9. The molecule has 0 radical (unpaired) electrons. The predicted octanol–water partition coefficient (Wildman–Crippen LogP) is 5.90. The lowest BCUT2D eigenvalue weighted by Gasteiger charge is -2.22. The van der Waals surface area contributed by atoms with Crippen molar-refractivity contribution in [1.29, 1.82) is 0 Å². The number of nitrogens with zero attached hydrogens (tertiary/aromatic N) is 2. The first-order chi connectivity index (χ1) is 24.2. The van der Waals surface area contributed by atoms with Crippen molar-refractivity contribution in [3.63, 3.8) is 0 Å². The largest absolute Gasteiger partial charge is 0.487 e. The zero-order valence-electron chi connectivity index (χ0n) is 27.9. The lowest BCUT2D eigenvalue weighted by atomic mass is 10.1. The van der Waals surface area contributed by atoms with E-state index >= 15 is 0 Å². The third kappa shape index (κ3) is 10.4. The van der Waals surface area contributed by atoms with Gasteiger partial charge in [-0.1, -0.05) is 12.1 Å². The number of rotatable bonds is 12. The first-order valence-electron chi connectivity index (χ1n) is 14.9. The van der Waals surface area contributed by atoms with Gasteiger partial charge >= 0.3 is 0 Å². The Kier molecular flexibility index (Phi) is 12.9. The number of aryl methyl sites for hydroxylation is 2. The Bertz CT molecular complexity index is 1850. The number of hydrogen-bond acceptors (Lipinski definition) is 10. The molecule has 4 rings (SSSR count). The maximum Gasteiger partial charge on any atom is 0.272 e. The van der Waals surface area contributed by atoms with Gasteiger partial charge in [0.1, 0.15) is 13.2 Å². The SMILES string of the molecule is Cc1cc(NC(=O)C(C)(O)COc2cccc(F)c2F)ccc1[N+](=O)[O-].Cc1cc(NC(=O)C(C)(O)COc2cccc(F)c2F)ccc1[N+](=O)[O-]. The minimum absolute atomic E-state index is 0.111. The van der Waals surface area contributed by atoms with Crippen molar-refractivity contribution in [3.8, 4) is 11.5 Å². The van der Waals surface area contributed by atoms with Crippen molar-refractivity contribution >= 4 is 34.6 Å². The number of anilines is 2. The van der Waals surface area contributed by atoms with E-state index < -0.39 is 80.8 Å². The molecule has 14 nitrogen and oxygen atoms in total. The lowest BCUT2D eigenvalue weighted by molar-refractivity contribution is -0.385. The fraction of sp³-hybridized carbons (Fsp3) is 0.235. The van der Waals surface area contributed by atoms with E-state index in [0.29, 0.717) is 11.1 Å². The van der Waals surface area contributed by atoms with Gasteiger partial charge in [0.05, 0.1) is 9.85 Å². The lowest BCUT2D eigenvalue weighted by Crippen LogP contribution is -2.45.